The molecule has 0 bridgehead atoms. The monoisotopic (exact) mass is 436 g/mol. The minimum absolute atomic E-state index is 0.174. The molecule has 28 heavy (non-hydrogen) atoms. The van der Waals surface area contributed by atoms with E-state index in [0.29, 0.717) is 27.3 Å². The second-order valence-corrected chi connectivity index (χ2v) is 8.48. The summed E-state index contributed by atoms with van der Waals surface area (Å²) in [5.74, 6) is 1.20. The van der Waals surface area contributed by atoms with Crippen LogP contribution in [0.3, 0.4) is 0 Å². The Morgan fingerprint density at radius 1 is 1.32 bits per heavy atom. The summed E-state index contributed by atoms with van der Waals surface area (Å²) in [5.41, 5.74) is 1.07. The summed E-state index contributed by atoms with van der Waals surface area (Å²) in [6.07, 6.45) is 4.48. The molecule has 0 spiro atoms. The van der Waals surface area contributed by atoms with Crippen LogP contribution in [0.15, 0.2) is 46.4 Å². The van der Waals surface area contributed by atoms with E-state index >= 15 is 0 Å². The predicted molar refractivity (Wildman–Crippen MR) is 119 cm³/mol. The van der Waals surface area contributed by atoms with Gasteiger partial charge < -0.3 is 9.84 Å². The molecule has 0 saturated carbocycles. The van der Waals surface area contributed by atoms with Crippen molar-refractivity contribution in [2.45, 2.75) is 19.3 Å². The lowest BCUT2D eigenvalue weighted by Gasteiger charge is -2.18. The van der Waals surface area contributed by atoms with E-state index < -0.39 is 0 Å². The summed E-state index contributed by atoms with van der Waals surface area (Å²) >= 11 is 9.37. The fourth-order valence-electron chi connectivity index (χ4n) is 2.68. The third kappa shape index (κ3) is 4.97. The van der Waals surface area contributed by atoms with Crippen molar-refractivity contribution >= 4 is 57.5 Å². The van der Waals surface area contributed by atoms with Gasteiger partial charge in [-0.05, 0) is 48.6 Å². The number of thiophene rings is 1. The van der Waals surface area contributed by atoms with Crippen LogP contribution in [-0.4, -0.2) is 35.7 Å². The van der Waals surface area contributed by atoms with Crippen LogP contribution in [0.4, 0.5) is 5.69 Å². The van der Waals surface area contributed by atoms with E-state index in [2.05, 4.69) is 4.99 Å². The van der Waals surface area contributed by atoms with Crippen molar-refractivity contribution in [2.75, 3.05) is 24.4 Å². The Hall–Kier alpha value is -1.80. The second-order valence-electron chi connectivity index (χ2n) is 6.03. The lowest BCUT2D eigenvalue weighted by atomic mass is 10.2. The Balaban J connectivity index is 1.85. The van der Waals surface area contributed by atoms with E-state index in [-0.39, 0.29) is 12.5 Å². The molecule has 1 aliphatic heterocycles. The summed E-state index contributed by atoms with van der Waals surface area (Å²) in [6, 6.07) is 9.16. The van der Waals surface area contributed by atoms with Crippen LogP contribution in [0.25, 0.3) is 6.08 Å². The molecular formula is C20H21ClN2O3S2. The van der Waals surface area contributed by atoms with Gasteiger partial charge in [0.15, 0.2) is 5.17 Å². The van der Waals surface area contributed by atoms with Gasteiger partial charge >= 0.3 is 0 Å². The van der Waals surface area contributed by atoms with Gasteiger partial charge in [-0.3, -0.25) is 9.69 Å². The van der Waals surface area contributed by atoms with Crippen LogP contribution in [0.2, 0.25) is 5.02 Å². The summed E-state index contributed by atoms with van der Waals surface area (Å²) < 4.78 is 5.21. The number of carbonyl (C=O) groups excluding carboxylic acids is 1. The molecule has 2 heterocycles. The molecule has 0 saturated heterocycles. The molecule has 0 radical (unpaired) electrons. The summed E-state index contributed by atoms with van der Waals surface area (Å²) in [7, 11) is 1.55. The Kier molecular flexibility index (Phi) is 7.56. The van der Waals surface area contributed by atoms with Gasteiger partial charge in [-0.25, -0.2) is 4.99 Å². The largest absolute Gasteiger partial charge is 0.495 e. The number of aliphatic hydroxyl groups excluding tert-OH is 1. The van der Waals surface area contributed by atoms with E-state index in [0.717, 1.165) is 29.9 Å². The highest BCUT2D eigenvalue weighted by Crippen LogP contribution is 2.34. The molecule has 1 aromatic carbocycles. The fourth-order valence-corrected chi connectivity index (χ4v) is 4.59. The van der Waals surface area contributed by atoms with Crippen molar-refractivity contribution in [1.82, 2.24) is 0 Å². The number of halogens is 1. The van der Waals surface area contributed by atoms with Crippen molar-refractivity contribution in [3.63, 3.8) is 0 Å². The molecule has 8 heteroatoms. The van der Waals surface area contributed by atoms with Crippen molar-refractivity contribution in [3.8, 4) is 5.75 Å². The number of carbonyl (C=O) groups is 1. The Morgan fingerprint density at radius 3 is 2.86 bits per heavy atom. The average molecular weight is 437 g/mol. The number of hydrogen-bond acceptors (Lipinski definition) is 6. The zero-order valence-corrected chi connectivity index (χ0v) is 17.8. The lowest BCUT2D eigenvalue weighted by Crippen LogP contribution is -2.30. The zero-order valence-electron chi connectivity index (χ0n) is 15.4. The van der Waals surface area contributed by atoms with Gasteiger partial charge in [0, 0.05) is 17.2 Å². The Morgan fingerprint density at radius 2 is 2.18 bits per heavy atom. The first kappa shape index (κ1) is 20.9. The number of hydrogen-bond donors (Lipinski definition) is 1. The molecule has 1 N–H and O–H groups in total. The van der Waals surface area contributed by atoms with Crippen LogP contribution in [0.1, 0.15) is 24.1 Å². The maximum absolute atomic E-state index is 13.1. The van der Waals surface area contributed by atoms with E-state index in [1.807, 2.05) is 23.6 Å². The molecule has 1 aliphatic rings. The number of anilines is 1. The number of amidine groups is 1. The third-order valence-corrected chi connectivity index (χ3v) is 6.22. The van der Waals surface area contributed by atoms with E-state index in [1.54, 1.807) is 41.5 Å². The number of nitrogens with zero attached hydrogens (tertiary/aromatic N) is 2. The molecule has 2 aromatic rings. The number of aliphatic hydroxyl groups is 1. The first-order chi connectivity index (χ1) is 13.6. The molecule has 0 aliphatic carbocycles. The summed E-state index contributed by atoms with van der Waals surface area (Å²) in [4.78, 5) is 20.2. The standard InChI is InChI=1S/C20H21ClN2O3S2/c1-26-18-8-7-14(12-16(18)21)23-19(25)17(13-15-6-5-11-27-15)22-20(23)28-10-4-2-3-9-24/h5-8,11-13,24H,2-4,9-10H2,1H3. The molecule has 0 fully saturated rings. The van der Waals surface area contributed by atoms with E-state index in [1.165, 1.54) is 11.8 Å². The van der Waals surface area contributed by atoms with Crippen molar-refractivity contribution < 1.29 is 14.6 Å². The number of thioether (sulfide) groups is 1. The molecule has 3 rings (SSSR count). The normalized spacial score (nSPS) is 15.4. The predicted octanol–water partition coefficient (Wildman–Crippen LogP) is 5.05. The van der Waals surface area contributed by atoms with Gasteiger partial charge in [0.25, 0.3) is 5.91 Å². The highest BCUT2D eigenvalue weighted by molar-refractivity contribution is 8.14. The van der Waals surface area contributed by atoms with Gasteiger partial charge in [0.2, 0.25) is 0 Å². The Labute approximate surface area is 177 Å². The first-order valence-electron chi connectivity index (χ1n) is 8.89. The minimum Gasteiger partial charge on any atom is -0.495 e. The fraction of sp³-hybridized carbons (Fsp3) is 0.300. The number of ether oxygens (including phenoxy) is 1. The maximum atomic E-state index is 13.1. The van der Waals surface area contributed by atoms with Crippen LogP contribution in [0, 0.1) is 0 Å². The van der Waals surface area contributed by atoms with E-state index in [4.69, 9.17) is 21.4 Å². The molecule has 1 aromatic heterocycles. The van der Waals surface area contributed by atoms with E-state index in [9.17, 15) is 4.79 Å². The smallest absolute Gasteiger partial charge is 0.283 e. The lowest BCUT2D eigenvalue weighted by molar-refractivity contribution is -0.113. The number of aliphatic imine (C=N–C) groups is 1. The topological polar surface area (TPSA) is 62.1 Å². The van der Waals surface area contributed by atoms with Gasteiger partial charge in [0.05, 0.1) is 17.8 Å². The van der Waals surface area contributed by atoms with Crippen molar-refractivity contribution in [2.24, 2.45) is 4.99 Å². The van der Waals surface area contributed by atoms with Gasteiger partial charge in [0.1, 0.15) is 11.4 Å². The maximum Gasteiger partial charge on any atom is 0.283 e. The number of methoxy groups -OCH3 is 1. The SMILES string of the molecule is COc1ccc(N2C(=O)C(=Cc3cccs3)N=C2SCCCCCO)cc1Cl. The van der Waals surface area contributed by atoms with Gasteiger partial charge in [-0.1, -0.05) is 35.9 Å². The molecule has 5 nitrogen and oxygen atoms in total. The second kappa shape index (κ2) is 10.1. The van der Waals surface area contributed by atoms with Crippen LogP contribution >= 0.6 is 34.7 Å². The first-order valence-corrected chi connectivity index (χ1v) is 11.1. The number of unbranched alkanes of at least 4 members (excludes halogenated alkanes) is 2. The quantitative estimate of drug-likeness (QED) is 0.464. The van der Waals surface area contributed by atoms with Crippen LogP contribution in [-0.2, 0) is 4.79 Å². The number of benzene rings is 1. The number of amides is 1. The van der Waals surface area contributed by atoms with Crippen molar-refractivity contribution in [3.05, 3.63) is 51.3 Å². The van der Waals surface area contributed by atoms with Crippen molar-refractivity contribution in [1.29, 1.82) is 0 Å². The summed E-state index contributed by atoms with van der Waals surface area (Å²) in [5, 5.41) is 12.0. The minimum atomic E-state index is -0.174. The van der Waals surface area contributed by atoms with Gasteiger partial charge in [-0.2, -0.15) is 0 Å². The molecule has 0 atom stereocenters. The number of rotatable bonds is 8. The third-order valence-electron chi connectivity index (χ3n) is 4.08. The van der Waals surface area contributed by atoms with Crippen LogP contribution < -0.4 is 9.64 Å². The molecular weight excluding hydrogens is 416 g/mol. The molecule has 0 unspecified atom stereocenters. The average Bonchev–Trinajstić information content (AvgIpc) is 3.30. The molecule has 1 amide bonds. The summed E-state index contributed by atoms with van der Waals surface area (Å²) in [6.45, 7) is 0.203. The highest BCUT2D eigenvalue weighted by Gasteiger charge is 2.32. The Bertz CT molecular complexity index is 882. The van der Waals surface area contributed by atoms with Gasteiger partial charge in [-0.15, -0.1) is 11.3 Å². The highest BCUT2D eigenvalue weighted by atomic mass is 35.5. The zero-order chi connectivity index (χ0) is 19.9. The van der Waals surface area contributed by atoms with Crippen LogP contribution in [0.5, 0.6) is 5.75 Å². The molecule has 148 valence electrons.